The van der Waals surface area contributed by atoms with Gasteiger partial charge >= 0.3 is 6.03 Å². The maximum Gasteiger partial charge on any atom is 0.319 e. The van der Waals surface area contributed by atoms with Crippen LogP contribution in [0.5, 0.6) is 5.75 Å². The Morgan fingerprint density at radius 3 is 3.04 bits per heavy atom. The molecule has 0 radical (unpaired) electrons. The molecule has 28 heavy (non-hydrogen) atoms. The van der Waals surface area contributed by atoms with Crippen molar-refractivity contribution in [3.63, 3.8) is 0 Å². The number of methoxy groups -OCH3 is 1. The fraction of sp³-hybridized carbons (Fsp3) is 0.421. The second kappa shape index (κ2) is 8.75. The molecule has 0 bridgehead atoms. The molecule has 1 aliphatic rings. The van der Waals surface area contributed by atoms with Gasteiger partial charge in [-0.15, -0.1) is 0 Å². The number of fused-ring (bicyclic) bond motifs is 1. The predicted molar refractivity (Wildman–Crippen MR) is 104 cm³/mol. The molecular weight excluding hydrogens is 362 g/mol. The SMILES string of the molecule is CC[C@@H]1Oc2cc([C@H](C)NC(=O)Nc3cnn(CCOC)c3)ccc2NC1=O. The first-order valence-electron chi connectivity index (χ1n) is 9.20. The van der Waals surface area contributed by atoms with E-state index in [2.05, 4.69) is 21.0 Å². The Morgan fingerprint density at radius 1 is 1.46 bits per heavy atom. The van der Waals surface area contributed by atoms with Crippen LogP contribution in [0.3, 0.4) is 0 Å². The summed E-state index contributed by atoms with van der Waals surface area (Å²) in [4.78, 5) is 24.1. The summed E-state index contributed by atoms with van der Waals surface area (Å²) < 4.78 is 12.5. The number of urea groups is 1. The van der Waals surface area contributed by atoms with E-state index in [9.17, 15) is 9.59 Å². The van der Waals surface area contributed by atoms with Gasteiger partial charge in [0.25, 0.3) is 5.91 Å². The summed E-state index contributed by atoms with van der Waals surface area (Å²) in [7, 11) is 1.62. The summed E-state index contributed by atoms with van der Waals surface area (Å²) in [5.74, 6) is 0.469. The minimum absolute atomic E-state index is 0.139. The van der Waals surface area contributed by atoms with Crippen LogP contribution >= 0.6 is 0 Å². The summed E-state index contributed by atoms with van der Waals surface area (Å²) >= 11 is 0. The van der Waals surface area contributed by atoms with Gasteiger partial charge in [-0.25, -0.2) is 4.79 Å². The smallest absolute Gasteiger partial charge is 0.319 e. The number of hydrogen-bond acceptors (Lipinski definition) is 5. The van der Waals surface area contributed by atoms with Gasteiger partial charge in [-0.3, -0.25) is 9.48 Å². The number of hydrogen-bond donors (Lipinski definition) is 3. The standard InChI is InChI=1S/C19H25N5O4/c1-4-16-18(25)23-15-6-5-13(9-17(15)28-16)12(2)21-19(26)22-14-10-20-24(11-14)7-8-27-3/h5-6,9-12,16H,4,7-8H2,1-3H3,(H,23,25)(H2,21,22,26)/t12-,16-/m0/s1. The van der Waals surface area contributed by atoms with Crippen molar-refractivity contribution in [1.82, 2.24) is 15.1 Å². The van der Waals surface area contributed by atoms with Crippen molar-refractivity contribution in [2.75, 3.05) is 24.4 Å². The molecule has 0 spiro atoms. The van der Waals surface area contributed by atoms with Gasteiger partial charge in [-0.1, -0.05) is 13.0 Å². The largest absolute Gasteiger partial charge is 0.478 e. The van der Waals surface area contributed by atoms with Crippen LogP contribution in [0.25, 0.3) is 0 Å². The van der Waals surface area contributed by atoms with Gasteiger partial charge in [-0.2, -0.15) is 5.10 Å². The molecule has 0 aliphatic carbocycles. The normalized spacial score (nSPS) is 16.5. The number of nitrogens with zero attached hydrogens (tertiary/aromatic N) is 2. The van der Waals surface area contributed by atoms with E-state index in [1.54, 1.807) is 30.3 Å². The Labute approximate surface area is 163 Å². The molecule has 1 aromatic heterocycles. The van der Waals surface area contributed by atoms with E-state index >= 15 is 0 Å². The number of carbonyl (C=O) groups excluding carboxylic acids is 2. The van der Waals surface area contributed by atoms with Gasteiger partial charge in [0.15, 0.2) is 6.10 Å². The summed E-state index contributed by atoms with van der Waals surface area (Å²) in [6.45, 7) is 4.93. The van der Waals surface area contributed by atoms with E-state index in [1.807, 2.05) is 26.0 Å². The van der Waals surface area contributed by atoms with Crippen LogP contribution in [-0.4, -0.2) is 41.5 Å². The zero-order chi connectivity index (χ0) is 20.1. The number of nitrogens with one attached hydrogen (secondary N) is 3. The molecule has 3 rings (SSSR count). The lowest BCUT2D eigenvalue weighted by Crippen LogP contribution is -2.36. The molecule has 9 nitrogen and oxygen atoms in total. The van der Waals surface area contributed by atoms with Crippen LogP contribution in [0, 0.1) is 0 Å². The van der Waals surface area contributed by atoms with Gasteiger partial charge in [-0.05, 0) is 31.0 Å². The molecule has 0 unspecified atom stereocenters. The van der Waals surface area contributed by atoms with Crippen molar-refractivity contribution in [3.05, 3.63) is 36.2 Å². The van der Waals surface area contributed by atoms with E-state index in [1.165, 1.54) is 0 Å². The van der Waals surface area contributed by atoms with E-state index in [0.717, 1.165) is 5.56 Å². The number of benzene rings is 1. The van der Waals surface area contributed by atoms with Crippen LogP contribution < -0.4 is 20.7 Å². The second-order valence-electron chi connectivity index (χ2n) is 6.56. The molecule has 150 valence electrons. The number of ether oxygens (including phenoxy) is 2. The van der Waals surface area contributed by atoms with Crippen LogP contribution in [0.4, 0.5) is 16.2 Å². The molecule has 3 N–H and O–H groups in total. The first-order valence-corrected chi connectivity index (χ1v) is 9.20. The third-order valence-electron chi connectivity index (χ3n) is 4.46. The summed E-state index contributed by atoms with van der Waals surface area (Å²) in [5, 5.41) is 12.6. The average Bonchev–Trinajstić information content (AvgIpc) is 3.12. The van der Waals surface area contributed by atoms with Crippen molar-refractivity contribution in [2.24, 2.45) is 0 Å². The van der Waals surface area contributed by atoms with Crippen LogP contribution in [0.1, 0.15) is 31.9 Å². The van der Waals surface area contributed by atoms with Crippen molar-refractivity contribution in [2.45, 2.75) is 39.0 Å². The third kappa shape index (κ3) is 4.61. The quantitative estimate of drug-likeness (QED) is 0.677. The Morgan fingerprint density at radius 2 is 2.29 bits per heavy atom. The van der Waals surface area contributed by atoms with Gasteiger partial charge < -0.3 is 25.4 Å². The maximum absolute atomic E-state index is 12.3. The topological polar surface area (TPSA) is 107 Å². The first kappa shape index (κ1) is 19.7. The lowest BCUT2D eigenvalue weighted by atomic mass is 10.1. The Balaban J connectivity index is 1.60. The van der Waals surface area contributed by atoms with Crippen LogP contribution in [0.15, 0.2) is 30.6 Å². The highest BCUT2D eigenvalue weighted by atomic mass is 16.5. The van der Waals surface area contributed by atoms with Crippen molar-refractivity contribution in [1.29, 1.82) is 0 Å². The Bertz CT molecular complexity index is 851. The molecule has 0 saturated heterocycles. The maximum atomic E-state index is 12.3. The zero-order valence-electron chi connectivity index (χ0n) is 16.2. The van der Waals surface area contributed by atoms with E-state index in [0.29, 0.717) is 36.7 Å². The average molecular weight is 387 g/mol. The highest BCUT2D eigenvalue weighted by Gasteiger charge is 2.26. The minimum atomic E-state index is -0.496. The molecular formula is C19H25N5O4. The third-order valence-corrected chi connectivity index (χ3v) is 4.46. The highest BCUT2D eigenvalue weighted by Crippen LogP contribution is 2.33. The zero-order valence-corrected chi connectivity index (χ0v) is 16.2. The van der Waals surface area contributed by atoms with E-state index < -0.39 is 6.10 Å². The highest BCUT2D eigenvalue weighted by molar-refractivity contribution is 5.97. The molecule has 1 aliphatic heterocycles. The number of anilines is 2. The Hall–Kier alpha value is -3.07. The molecule has 0 saturated carbocycles. The van der Waals surface area contributed by atoms with Gasteiger partial charge in [0.2, 0.25) is 0 Å². The number of rotatable bonds is 7. The van der Waals surface area contributed by atoms with Gasteiger partial charge in [0, 0.05) is 13.3 Å². The van der Waals surface area contributed by atoms with Crippen LogP contribution in [0.2, 0.25) is 0 Å². The lowest BCUT2D eigenvalue weighted by molar-refractivity contribution is -0.123. The molecule has 9 heteroatoms. The fourth-order valence-corrected chi connectivity index (χ4v) is 2.88. The predicted octanol–water partition coefficient (Wildman–Crippen LogP) is 2.52. The monoisotopic (exact) mass is 387 g/mol. The van der Waals surface area contributed by atoms with E-state index in [4.69, 9.17) is 9.47 Å². The molecule has 1 aromatic carbocycles. The number of amides is 3. The van der Waals surface area contributed by atoms with E-state index in [-0.39, 0.29) is 18.0 Å². The van der Waals surface area contributed by atoms with Crippen molar-refractivity contribution in [3.8, 4) is 5.75 Å². The van der Waals surface area contributed by atoms with Gasteiger partial charge in [0.05, 0.1) is 36.8 Å². The number of carbonyl (C=O) groups is 2. The summed E-state index contributed by atoms with van der Waals surface area (Å²) in [5.41, 5.74) is 2.11. The lowest BCUT2D eigenvalue weighted by Gasteiger charge is -2.26. The summed E-state index contributed by atoms with van der Waals surface area (Å²) in [6.07, 6.45) is 3.41. The molecule has 2 atom stereocenters. The fourth-order valence-electron chi connectivity index (χ4n) is 2.88. The Kier molecular flexibility index (Phi) is 6.15. The second-order valence-corrected chi connectivity index (χ2v) is 6.56. The van der Waals surface area contributed by atoms with Gasteiger partial charge in [0.1, 0.15) is 5.75 Å². The number of aromatic nitrogens is 2. The molecule has 3 amide bonds. The summed E-state index contributed by atoms with van der Waals surface area (Å²) in [6, 6.07) is 4.88. The van der Waals surface area contributed by atoms with Crippen molar-refractivity contribution >= 4 is 23.3 Å². The minimum Gasteiger partial charge on any atom is -0.478 e. The molecule has 2 heterocycles. The van der Waals surface area contributed by atoms with Crippen molar-refractivity contribution < 1.29 is 19.1 Å². The van der Waals surface area contributed by atoms with Crippen LogP contribution in [-0.2, 0) is 16.1 Å². The molecule has 0 fully saturated rings. The molecule has 2 aromatic rings. The first-order chi connectivity index (χ1) is 13.5.